The number of benzene rings is 2. The van der Waals surface area contributed by atoms with Gasteiger partial charge in [0.2, 0.25) is 0 Å². The van der Waals surface area contributed by atoms with Crippen LogP contribution < -0.4 is 0 Å². The van der Waals surface area contributed by atoms with Crippen LogP contribution in [0.2, 0.25) is 0 Å². The van der Waals surface area contributed by atoms with Crippen LogP contribution in [0.3, 0.4) is 0 Å². The zero-order valence-corrected chi connectivity index (χ0v) is 27.2. The average Bonchev–Trinajstić information content (AvgIpc) is 2.95. The number of hydrogen-bond acceptors (Lipinski definition) is 0. The first-order valence-corrected chi connectivity index (χ1v) is 17.4. The van der Waals surface area contributed by atoms with Crippen molar-refractivity contribution in [2.75, 3.05) is 0 Å². The highest BCUT2D eigenvalue weighted by Gasteiger charge is 2.13. The zero-order valence-electron chi connectivity index (χ0n) is 27.2. The predicted molar refractivity (Wildman–Crippen MR) is 177 cm³/mol. The van der Waals surface area contributed by atoms with E-state index in [4.69, 9.17) is 0 Å². The van der Waals surface area contributed by atoms with Gasteiger partial charge in [0, 0.05) is 0 Å². The van der Waals surface area contributed by atoms with Crippen molar-refractivity contribution in [3.63, 3.8) is 0 Å². The lowest BCUT2D eigenvalue weighted by Crippen LogP contribution is -2.06. The molecule has 0 bridgehead atoms. The molecule has 0 unspecified atom stereocenters. The van der Waals surface area contributed by atoms with Crippen LogP contribution in [-0.2, 0) is 51.4 Å². The molecule has 220 valence electrons. The summed E-state index contributed by atoms with van der Waals surface area (Å²) in [6.07, 6.45) is 27.0. The van der Waals surface area contributed by atoms with Gasteiger partial charge in [-0.15, -0.1) is 0 Å². The van der Waals surface area contributed by atoms with Crippen LogP contribution in [0.25, 0.3) is 0 Å². The second-order valence-corrected chi connectivity index (χ2v) is 12.3. The molecule has 0 aliphatic carbocycles. The molecule has 0 fully saturated rings. The summed E-state index contributed by atoms with van der Waals surface area (Å²) >= 11 is 0. The average molecular weight is 533 g/mol. The van der Waals surface area contributed by atoms with Crippen molar-refractivity contribution in [2.45, 2.75) is 176 Å². The van der Waals surface area contributed by atoms with E-state index < -0.39 is 0 Å². The van der Waals surface area contributed by atoms with Crippen LogP contribution in [0.1, 0.15) is 170 Å². The van der Waals surface area contributed by atoms with Crippen LogP contribution in [-0.4, -0.2) is 0 Å². The third kappa shape index (κ3) is 11.8. The largest absolute Gasteiger partial charge is 0.0654 e. The first-order valence-electron chi connectivity index (χ1n) is 17.4. The molecule has 2 aromatic carbocycles. The van der Waals surface area contributed by atoms with E-state index in [1.807, 2.05) is 0 Å². The lowest BCUT2D eigenvalue weighted by atomic mass is 9.87. The lowest BCUT2D eigenvalue weighted by molar-refractivity contribution is 0.728. The van der Waals surface area contributed by atoms with Gasteiger partial charge in [-0.3, -0.25) is 0 Å². The van der Waals surface area contributed by atoms with Crippen LogP contribution in [0.5, 0.6) is 0 Å². The van der Waals surface area contributed by atoms with Crippen molar-refractivity contribution in [1.29, 1.82) is 0 Å². The Morgan fingerprint density at radius 3 is 0.564 bits per heavy atom. The summed E-state index contributed by atoms with van der Waals surface area (Å²) in [7, 11) is 0. The van der Waals surface area contributed by atoms with E-state index in [1.165, 1.54) is 135 Å². The van der Waals surface area contributed by atoms with Gasteiger partial charge < -0.3 is 0 Å². The second-order valence-electron chi connectivity index (χ2n) is 12.3. The molecular weight excluding hydrogens is 468 g/mol. The van der Waals surface area contributed by atoms with E-state index in [1.54, 1.807) is 44.5 Å². The van der Waals surface area contributed by atoms with E-state index in [2.05, 4.69) is 65.8 Å². The Kier molecular flexibility index (Phi) is 17.5. The maximum absolute atomic E-state index is 2.66. The number of unbranched alkanes of at least 4 members (excludes halogenated alkanes) is 6. The Hall–Kier alpha value is -1.56. The van der Waals surface area contributed by atoms with Crippen molar-refractivity contribution < 1.29 is 0 Å². The minimum Gasteiger partial charge on any atom is -0.0654 e. The molecule has 0 atom stereocenters. The zero-order chi connectivity index (χ0) is 28.3. The van der Waals surface area contributed by atoms with Crippen LogP contribution >= 0.6 is 0 Å². The topological polar surface area (TPSA) is 0 Å². The van der Waals surface area contributed by atoms with Crippen LogP contribution in [0.4, 0.5) is 0 Å². The van der Waals surface area contributed by atoms with E-state index in [0.717, 1.165) is 0 Å². The lowest BCUT2D eigenvalue weighted by Gasteiger charge is -2.19. The SMILES string of the molecule is CCCCc1cc(CCCC)c(CCCc2cc(CCCC)c(CCCC)cc2CCCC)cc1CCCC. The minimum absolute atomic E-state index is 1.24. The maximum Gasteiger partial charge on any atom is -0.0273 e. The van der Waals surface area contributed by atoms with Gasteiger partial charge in [-0.25, -0.2) is 0 Å². The van der Waals surface area contributed by atoms with Crippen LogP contribution in [0, 0.1) is 0 Å². The molecule has 39 heavy (non-hydrogen) atoms. The van der Waals surface area contributed by atoms with Gasteiger partial charge in [-0.05, 0) is 141 Å². The third-order valence-electron chi connectivity index (χ3n) is 8.73. The van der Waals surface area contributed by atoms with Crippen LogP contribution in [0.15, 0.2) is 24.3 Å². The first-order chi connectivity index (χ1) is 19.1. The molecular formula is C39H64. The van der Waals surface area contributed by atoms with E-state index >= 15 is 0 Å². The summed E-state index contributed by atoms with van der Waals surface area (Å²) in [6, 6.07) is 10.6. The van der Waals surface area contributed by atoms with Gasteiger partial charge in [-0.2, -0.15) is 0 Å². The summed E-state index contributed by atoms with van der Waals surface area (Å²) < 4.78 is 0. The molecule has 0 aliphatic heterocycles. The molecule has 0 heterocycles. The van der Waals surface area contributed by atoms with E-state index in [0.29, 0.717) is 0 Å². The Bertz CT molecular complexity index is 843. The molecule has 0 aromatic heterocycles. The number of rotatable bonds is 22. The molecule has 0 saturated heterocycles. The molecule has 2 aromatic rings. The van der Waals surface area contributed by atoms with Crippen molar-refractivity contribution in [3.05, 3.63) is 68.8 Å². The van der Waals surface area contributed by atoms with Gasteiger partial charge in [0.1, 0.15) is 0 Å². The van der Waals surface area contributed by atoms with Crippen molar-refractivity contribution in [1.82, 2.24) is 0 Å². The van der Waals surface area contributed by atoms with Crippen molar-refractivity contribution in [2.24, 2.45) is 0 Å². The molecule has 0 spiro atoms. The Morgan fingerprint density at radius 1 is 0.256 bits per heavy atom. The summed E-state index contributed by atoms with van der Waals surface area (Å²) in [4.78, 5) is 0. The molecule has 0 aliphatic rings. The highest BCUT2D eigenvalue weighted by atomic mass is 14.2. The summed E-state index contributed by atoms with van der Waals surface area (Å²) in [5.41, 5.74) is 13.3. The van der Waals surface area contributed by atoms with Gasteiger partial charge >= 0.3 is 0 Å². The summed E-state index contributed by atoms with van der Waals surface area (Å²) in [6.45, 7) is 14.0. The Balaban J connectivity index is 2.32. The Morgan fingerprint density at radius 2 is 0.410 bits per heavy atom. The maximum atomic E-state index is 2.66. The van der Waals surface area contributed by atoms with E-state index in [-0.39, 0.29) is 0 Å². The molecule has 0 nitrogen and oxygen atoms in total. The molecule has 0 heteroatoms. The molecule has 0 amide bonds. The van der Waals surface area contributed by atoms with Gasteiger partial charge in [0.15, 0.2) is 0 Å². The molecule has 0 N–H and O–H groups in total. The van der Waals surface area contributed by atoms with Gasteiger partial charge in [0.25, 0.3) is 0 Å². The Labute approximate surface area is 244 Å². The highest BCUT2D eigenvalue weighted by Crippen LogP contribution is 2.27. The van der Waals surface area contributed by atoms with Crippen molar-refractivity contribution in [3.8, 4) is 0 Å². The second kappa shape index (κ2) is 20.3. The fourth-order valence-electron chi connectivity index (χ4n) is 6.12. The van der Waals surface area contributed by atoms with E-state index in [9.17, 15) is 0 Å². The smallest absolute Gasteiger partial charge is 0.0273 e. The molecule has 2 rings (SSSR count). The number of aryl methyl sites for hydroxylation is 8. The monoisotopic (exact) mass is 533 g/mol. The highest BCUT2D eigenvalue weighted by molar-refractivity contribution is 5.41. The van der Waals surface area contributed by atoms with Gasteiger partial charge in [0.05, 0.1) is 0 Å². The normalized spacial score (nSPS) is 11.4. The standard InChI is InChI=1S/C39H64/c1-7-13-20-32-28-36(24-17-11-5)38(30-34(32)22-15-9-3)26-19-27-39-31-35(23-16-10-4)33(21-14-8-2)29-37(39)25-18-12-6/h28-31H,7-27H2,1-6H3. The minimum atomic E-state index is 1.24. The summed E-state index contributed by atoms with van der Waals surface area (Å²) in [5.74, 6) is 0. The van der Waals surface area contributed by atoms with Gasteiger partial charge in [-0.1, -0.05) is 104 Å². The first kappa shape index (κ1) is 33.6. The third-order valence-corrected chi connectivity index (χ3v) is 8.73. The summed E-state index contributed by atoms with van der Waals surface area (Å²) in [5, 5.41) is 0. The fourth-order valence-corrected chi connectivity index (χ4v) is 6.12. The predicted octanol–water partition coefficient (Wildman–Crippen LogP) is 11.9. The van der Waals surface area contributed by atoms with Crippen molar-refractivity contribution >= 4 is 0 Å². The molecule has 0 saturated carbocycles. The molecule has 0 radical (unpaired) electrons. The quantitative estimate of drug-likeness (QED) is 0.141. The number of hydrogen-bond donors (Lipinski definition) is 0. The fraction of sp³-hybridized carbons (Fsp3) is 0.692.